The first kappa shape index (κ1) is 19.0. The van der Waals surface area contributed by atoms with Crippen LogP contribution in [-0.4, -0.2) is 18.2 Å². The normalized spacial score (nSPS) is 12.1. The number of hydrogen-bond acceptors (Lipinski definition) is 3. The van der Waals surface area contributed by atoms with Crippen LogP contribution in [0.5, 0.6) is 5.75 Å². The molecule has 2 rings (SSSR count). The molecule has 0 heterocycles. The number of carbonyl (C=O) groups excluding carboxylic acids is 1. The molecule has 0 aliphatic rings. The van der Waals surface area contributed by atoms with Gasteiger partial charge in [-0.3, -0.25) is 0 Å². The highest BCUT2D eigenvalue weighted by atomic mass is 16.5. The van der Waals surface area contributed by atoms with Gasteiger partial charge in [-0.15, -0.1) is 0 Å². The maximum absolute atomic E-state index is 11.8. The Labute approximate surface area is 150 Å². The first-order valence-electron chi connectivity index (χ1n) is 8.52. The van der Waals surface area contributed by atoms with Gasteiger partial charge in [-0.25, -0.2) is 4.79 Å². The zero-order valence-corrected chi connectivity index (χ0v) is 16.2. The Hall–Kier alpha value is -2.29. The fourth-order valence-electron chi connectivity index (χ4n) is 2.89. The summed E-state index contributed by atoms with van der Waals surface area (Å²) in [5.74, 6) is 0.000547. The van der Waals surface area contributed by atoms with Gasteiger partial charge in [0.25, 0.3) is 0 Å². The number of phenols is 1. The second kappa shape index (κ2) is 6.55. The van der Waals surface area contributed by atoms with E-state index in [4.69, 9.17) is 4.74 Å². The SMILES string of the molecule is COC(=O)c1cccc(-c2cc(C(C)(C)C)c(O)c(C(C)(C)C)c2)c1. The largest absolute Gasteiger partial charge is 0.507 e. The molecule has 0 unspecified atom stereocenters. The van der Waals surface area contributed by atoms with Crippen LogP contribution in [-0.2, 0) is 15.6 Å². The van der Waals surface area contributed by atoms with Crippen LogP contribution >= 0.6 is 0 Å². The number of aromatic hydroxyl groups is 1. The Morgan fingerprint density at radius 1 is 0.880 bits per heavy atom. The van der Waals surface area contributed by atoms with Gasteiger partial charge in [0, 0.05) is 11.1 Å². The van der Waals surface area contributed by atoms with Gasteiger partial charge in [-0.1, -0.05) is 53.7 Å². The molecule has 1 N–H and O–H groups in total. The molecule has 134 valence electrons. The predicted octanol–water partition coefficient (Wildman–Crippen LogP) is 5.44. The highest BCUT2D eigenvalue weighted by Crippen LogP contribution is 2.42. The molecule has 0 saturated heterocycles. The average molecular weight is 340 g/mol. The Morgan fingerprint density at radius 3 is 1.84 bits per heavy atom. The average Bonchev–Trinajstić information content (AvgIpc) is 2.52. The van der Waals surface area contributed by atoms with E-state index in [-0.39, 0.29) is 16.8 Å². The second-order valence-corrected chi connectivity index (χ2v) is 8.49. The first-order valence-corrected chi connectivity index (χ1v) is 8.52. The van der Waals surface area contributed by atoms with Crippen molar-refractivity contribution in [3.8, 4) is 16.9 Å². The number of hydrogen-bond donors (Lipinski definition) is 1. The molecule has 0 fully saturated rings. The summed E-state index contributed by atoms with van der Waals surface area (Å²) >= 11 is 0. The van der Waals surface area contributed by atoms with Crippen molar-refractivity contribution in [2.45, 2.75) is 52.4 Å². The summed E-state index contributed by atoms with van der Waals surface area (Å²) in [5.41, 5.74) is 3.84. The van der Waals surface area contributed by atoms with Crippen molar-refractivity contribution >= 4 is 5.97 Å². The highest BCUT2D eigenvalue weighted by molar-refractivity contribution is 5.91. The van der Waals surface area contributed by atoms with E-state index in [2.05, 4.69) is 41.5 Å². The summed E-state index contributed by atoms with van der Waals surface area (Å²) in [6.07, 6.45) is 0. The number of rotatable bonds is 2. The smallest absolute Gasteiger partial charge is 0.337 e. The minimum atomic E-state index is -0.354. The summed E-state index contributed by atoms with van der Waals surface area (Å²) in [5, 5.41) is 10.8. The molecule has 2 aromatic rings. The molecule has 0 spiro atoms. The molecular formula is C22H28O3. The summed E-state index contributed by atoms with van der Waals surface area (Å²) in [4.78, 5) is 11.8. The lowest BCUT2D eigenvalue weighted by molar-refractivity contribution is 0.0601. The van der Waals surface area contributed by atoms with E-state index in [1.807, 2.05) is 30.3 Å². The van der Waals surface area contributed by atoms with Crippen LogP contribution in [0.25, 0.3) is 11.1 Å². The van der Waals surface area contributed by atoms with E-state index in [0.29, 0.717) is 11.3 Å². The summed E-state index contributed by atoms with van der Waals surface area (Å²) in [7, 11) is 1.38. The van der Waals surface area contributed by atoms with Gasteiger partial charge in [0.05, 0.1) is 12.7 Å². The van der Waals surface area contributed by atoms with E-state index in [1.165, 1.54) is 7.11 Å². The molecule has 0 atom stereocenters. The van der Waals surface area contributed by atoms with Crippen molar-refractivity contribution in [1.29, 1.82) is 0 Å². The van der Waals surface area contributed by atoms with Gasteiger partial charge in [-0.2, -0.15) is 0 Å². The number of methoxy groups -OCH3 is 1. The van der Waals surface area contributed by atoms with Crippen molar-refractivity contribution in [3.63, 3.8) is 0 Å². The summed E-state index contributed by atoms with van der Waals surface area (Å²) in [6.45, 7) is 12.5. The highest BCUT2D eigenvalue weighted by Gasteiger charge is 2.26. The van der Waals surface area contributed by atoms with Crippen molar-refractivity contribution < 1.29 is 14.6 Å². The summed E-state index contributed by atoms with van der Waals surface area (Å²) in [6, 6.07) is 11.4. The second-order valence-electron chi connectivity index (χ2n) is 8.49. The number of esters is 1. The standard InChI is InChI=1S/C22H28O3/c1-21(2,3)17-12-16(13-18(19(17)23)22(4,5)6)14-9-8-10-15(11-14)20(24)25-7/h8-13,23H,1-7H3. The Morgan fingerprint density at radius 2 is 1.40 bits per heavy atom. The van der Waals surface area contributed by atoms with Crippen LogP contribution in [0.4, 0.5) is 0 Å². The van der Waals surface area contributed by atoms with Gasteiger partial charge in [0.1, 0.15) is 5.75 Å². The number of phenolic OH excluding ortho intramolecular Hbond substituents is 1. The van der Waals surface area contributed by atoms with Gasteiger partial charge >= 0.3 is 5.97 Å². The molecule has 0 bridgehead atoms. The monoisotopic (exact) mass is 340 g/mol. The maximum Gasteiger partial charge on any atom is 0.337 e. The van der Waals surface area contributed by atoms with Gasteiger partial charge in [-0.05, 0) is 46.2 Å². The molecule has 2 aromatic carbocycles. The van der Waals surface area contributed by atoms with E-state index in [1.54, 1.807) is 6.07 Å². The lowest BCUT2D eigenvalue weighted by atomic mass is 9.77. The van der Waals surface area contributed by atoms with Crippen LogP contribution in [0, 0.1) is 0 Å². The lowest BCUT2D eigenvalue weighted by Gasteiger charge is -2.28. The molecule has 0 amide bonds. The quantitative estimate of drug-likeness (QED) is 0.740. The van der Waals surface area contributed by atoms with Crippen LogP contribution < -0.4 is 0 Å². The Balaban J connectivity index is 2.72. The minimum Gasteiger partial charge on any atom is -0.507 e. The van der Waals surface area contributed by atoms with Crippen LogP contribution in [0.1, 0.15) is 63.0 Å². The van der Waals surface area contributed by atoms with Crippen LogP contribution in [0.3, 0.4) is 0 Å². The van der Waals surface area contributed by atoms with Gasteiger partial charge < -0.3 is 9.84 Å². The van der Waals surface area contributed by atoms with E-state index in [0.717, 1.165) is 22.3 Å². The van der Waals surface area contributed by atoms with E-state index < -0.39 is 0 Å². The van der Waals surface area contributed by atoms with Crippen LogP contribution in [0.15, 0.2) is 36.4 Å². The lowest BCUT2D eigenvalue weighted by Crippen LogP contribution is -2.17. The van der Waals surface area contributed by atoms with Crippen molar-refractivity contribution in [1.82, 2.24) is 0 Å². The topological polar surface area (TPSA) is 46.5 Å². The van der Waals surface area contributed by atoms with E-state index in [9.17, 15) is 9.90 Å². The summed E-state index contributed by atoms with van der Waals surface area (Å²) < 4.78 is 4.82. The first-order chi connectivity index (χ1) is 11.4. The molecule has 0 aliphatic carbocycles. The maximum atomic E-state index is 11.8. The van der Waals surface area contributed by atoms with Crippen LogP contribution in [0.2, 0.25) is 0 Å². The minimum absolute atomic E-state index is 0.194. The van der Waals surface area contributed by atoms with Crippen molar-refractivity contribution in [2.75, 3.05) is 7.11 Å². The van der Waals surface area contributed by atoms with E-state index >= 15 is 0 Å². The molecular weight excluding hydrogens is 312 g/mol. The third-order valence-electron chi connectivity index (χ3n) is 4.34. The molecule has 0 radical (unpaired) electrons. The Kier molecular flexibility index (Phi) is 4.99. The number of carbonyl (C=O) groups is 1. The third kappa shape index (κ3) is 4.04. The molecule has 3 nitrogen and oxygen atoms in total. The molecule has 0 aromatic heterocycles. The predicted molar refractivity (Wildman–Crippen MR) is 102 cm³/mol. The molecule has 3 heteroatoms. The van der Waals surface area contributed by atoms with Crippen molar-refractivity contribution in [2.24, 2.45) is 0 Å². The molecule has 25 heavy (non-hydrogen) atoms. The van der Waals surface area contributed by atoms with Crippen molar-refractivity contribution in [3.05, 3.63) is 53.1 Å². The fraction of sp³-hybridized carbons (Fsp3) is 0.409. The fourth-order valence-corrected chi connectivity index (χ4v) is 2.89. The van der Waals surface area contributed by atoms with Gasteiger partial charge in [0.2, 0.25) is 0 Å². The zero-order chi connectivity index (χ0) is 19.0. The Bertz CT molecular complexity index is 755. The molecule has 0 saturated carbocycles. The molecule has 0 aliphatic heterocycles. The van der Waals surface area contributed by atoms with Gasteiger partial charge in [0.15, 0.2) is 0 Å². The third-order valence-corrected chi connectivity index (χ3v) is 4.34. The number of benzene rings is 2. The number of ether oxygens (including phenoxy) is 1. The zero-order valence-electron chi connectivity index (χ0n) is 16.2.